The van der Waals surface area contributed by atoms with Crippen LogP contribution in [0.2, 0.25) is 0 Å². The fourth-order valence-corrected chi connectivity index (χ4v) is 3.31. The van der Waals surface area contributed by atoms with E-state index in [9.17, 15) is 14.0 Å². The molecule has 126 valence electrons. The highest BCUT2D eigenvalue weighted by molar-refractivity contribution is 9.10. The number of benzene rings is 1. The van der Waals surface area contributed by atoms with E-state index in [0.29, 0.717) is 16.3 Å². The van der Waals surface area contributed by atoms with Gasteiger partial charge in [0.15, 0.2) is 6.61 Å². The van der Waals surface area contributed by atoms with Crippen LogP contribution in [0, 0.1) is 17.7 Å². The number of hydrogen-bond donors (Lipinski definition) is 1. The van der Waals surface area contributed by atoms with Crippen molar-refractivity contribution in [2.24, 2.45) is 11.8 Å². The first-order chi connectivity index (χ1) is 10.9. The number of nitrogens with one attached hydrogen (secondary N) is 1. The summed E-state index contributed by atoms with van der Waals surface area (Å²) in [6, 6.07) is 3.86. The first-order valence-electron chi connectivity index (χ1n) is 7.80. The van der Waals surface area contributed by atoms with Crippen LogP contribution in [0.15, 0.2) is 22.7 Å². The molecule has 23 heavy (non-hydrogen) atoms. The van der Waals surface area contributed by atoms with Gasteiger partial charge in [-0.25, -0.2) is 9.18 Å². The molecular weight excluding hydrogens is 365 g/mol. The summed E-state index contributed by atoms with van der Waals surface area (Å²) in [5.74, 6) is -0.608. The van der Waals surface area contributed by atoms with Gasteiger partial charge in [0.05, 0.1) is 5.56 Å². The monoisotopic (exact) mass is 385 g/mol. The third-order valence-electron chi connectivity index (χ3n) is 4.54. The minimum absolute atomic E-state index is 0.0671. The van der Waals surface area contributed by atoms with Crippen molar-refractivity contribution in [3.8, 4) is 0 Å². The summed E-state index contributed by atoms with van der Waals surface area (Å²) in [5.41, 5.74) is 0.0671. The average molecular weight is 386 g/mol. The molecule has 0 unspecified atom stereocenters. The number of ether oxygens (including phenoxy) is 1. The molecule has 3 atom stereocenters. The first-order valence-corrected chi connectivity index (χ1v) is 8.59. The highest BCUT2D eigenvalue weighted by Gasteiger charge is 2.28. The normalized spacial score (nSPS) is 24.1. The third-order valence-corrected chi connectivity index (χ3v) is 5.23. The Kier molecular flexibility index (Phi) is 6.16. The lowest BCUT2D eigenvalue weighted by molar-refractivity contribution is -0.125. The van der Waals surface area contributed by atoms with Crippen molar-refractivity contribution >= 4 is 27.8 Å². The highest BCUT2D eigenvalue weighted by Crippen LogP contribution is 2.29. The molecule has 1 fully saturated rings. The van der Waals surface area contributed by atoms with Crippen molar-refractivity contribution in [3.05, 3.63) is 34.1 Å². The summed E-state index contributed by atoms with van der Waals surface area (Å²) >= 11 is 3.16. The summed E-state index contributed by atoms with van der Waals surface area (Å²) in [7, 11) is 0. The van der Waals surface area contributed by atoms with Crippen molar-refractivity contribution in [1.29, 1.82) is 0 Å². The van der Waals surface area contributed by atoms with Crippen LogP contribution in [0.25, 0.3) is 0 Å². The topological polar surface area (TPSA) is 55.4 Å². The minimum atomic E-state index is -0.725. The SMILES string of the molecule is C[C@@H]1[C@H](C)CCC[C@H]1NC(=O)COC(=O)c1cc(F)ccc1Br. The van der Waals surface area contributed by atoms with E-state index in [1.165, 1.54) is 18.6 Å². The number of rotatable bonds is 4. The molecule has 1 aliphatic rings. The Morgan fingerprint density at radius 3 is 2.83 bits per heavy atom. The molecule has 0 bridgehead atoms. The number of carbonyl (C=O) groups excluding carboxylic acids is 2. The van der Waals surface area contributed by atoms with Crippen LogP contribution in [0.4, 0.5) is 4.39 Å². The molecular formula is C17H21BrFNO3. The molecule has 0 saturated heterocycles. The second-order valence-corrected chi connectivity index (χ2v) is 7.00. The van der Waals surface area contributed by atoms with Gasteiger partial charge in [0.2, 0.25) is 0 Å². The van der Waals surface area contributed by atoms with Crippen molar-refractivity contribution in [2.75, 3.05) is 6.61 Å². The van der Waals surface area contributed by atoms with Crippen molar-refractivity contribution < 1.29 is 18.7 Å². The average Bonchev–Trinajstić information content (AvgIpc) is 2.52. The van der Waals surface area contributed by atoms with Crippen LogP contribution in [-0.4, -0.2) is 24.5 Å². The summed E-state index contributed by atoms with van der Waals surface area (Å²) in [4.78, 5) is 23.9. The maximum Gasteiger partial charge on any atom is 0.339 e. The molecule has 0 heterocycles. The number of halogens is 2. The van der Waals surface area contributed by atoms with Gasteiger partial charge in [0, 0.05) is 10.5 Å². The molecule has 1 aromatic rings. The number of hydrogen-bond acceptors (Lipinski definition) is 3. The molecule has 0 aliphatic heterocycles. The van der Waals surface area contributed by atoms with Crippen LogP contribution in [0.5, 0.6) is 0 Å². The van der Waals surface area contributed by atoms with E-state index < -0.39 is 11.8 Å². The van der Waals surface area contributed by atoms with Gasteiger partial charge < -0.3 is 10.1 Å². The van der Waals surface area contributed by atoms with Gasteiger partial charge in [-0.3, -0.25) is 4.79 Å². The van der Waals surface area contributed by atoms with Crippen LogP contribution in [-0.2, 0) is 9.53 Å². The van der Waals surface area contributed by atoms with Crippen LogP contribution in [0.1, 0.15) is 43.5 Å². The number of amides is 1. The van der Waals surface area contributed by atoms with Crippen LogP contribution >= 0.6 is 15.9 Å². The molecule has 6 heteroatoms. The molecule has 0 aromatic heterocycles. The fourth-order valence-electron chi connectivity index (χ4n) is 2.90. The van der Waals surface area contributed by atoms with Crippen molar-refractivity contribution in [1.82, 2.24) is 5.32 Å². The summed E-state index contributed by atoms with van der Waals surface area (Å²) in [5, 5.41) is 2.93. The Morgan fingerprint density at radius 1 is 1.35 bits per heavy atom. The molecule has 1 saturated carbocycles. The number of carbonyl (C=O) groups is 2. The molecule has 1 aromatic carbocycles. The second kappa shape index (κ2) is 7.90. The second-order valence-electron chi connectivity index (χ2n) is 6.14. The Labute approximate surface area is 143 Å². The lowest BCUT2D eigenvalue weighted by Gasteiger charge is -2.34. The largest absolute Gasteiger partial charge is 0.452 e. The Hall–Kier alpha value is -1.43. The lowest BCUT2D eigenvalue weighted by Crippen LogP contribution is -2.45. The number of esters is 1. The zero-order chi connectivity index (χ0) is 17.0. The molecule has 2 rings (SSSR count). The minimum Gasteiger partial charge on any atom is -0.452 e. The summed E-state index contributed by atoms with van der Waals surface area (Å²) in [6.45, 7) is 3.95. The van der Waals surface area contributed by atoms with Gasteiger partial charge >= 0.3 is 5.97 Å². The van der Waals surface area contributed by atoms with E-state index in [4.69, 9.17) is 4.74 Å². The van der Waals surface area contributed by atoms with E-state index in [-0.39, 0.29) is 24.1 Å². The molecule has 1 N–H and O–H groups in total. The first kappa shape index (κ1) is 17.9. The van der Waals surface area contributed by atoms with E-state index in [1.807, 2.05) is 0 Å². The van der Waals surface area contributed by atoms with Crippen molar-refractivity contribution in [2.45, 2.75) is 39.2 Å². The molecule has 1 amide bonds. The predicted molar refractivity (Wildman–Crippen MR) is 88.5 cm³/mol. The van der Waals surface area contributed by atoms with E-state index >= 15 is 0 Å². The molecule has 4 nitrogen and oxygen atoms in total. The lowest BCUT2D eigenvalue weighted by atomic mass is 9.78. The zero-order valence-corrected chi connectivity index (χ0v) is 14.9. The fraction of sp³-hybridized carbons (Fsp3) is 0.529. The summed E-state index contributed by atoms with van der Waals surface area (Å²) < 4.78 is 18.6. The molecule has 0 spiro atoms. The predicted octanol–water partition coefficient (Wildman–Crippen LogP) is 3.69. The van der Waals surface area contributed by atoms with Gasteiger partial charge in [-0.05, 0) is 52.4 Å². The third kappa shape index (κ3) is 4.77. The van der Waals surface area contributed by atoms with E-state index in [0.717, 1.165) is 18.9 Å². The zero-order valence-electron chi connectivity index (χ0n) is 13.3. The van der Waals surface area contributed by atoms with E-state index in [2.05, 4.69) is 35.1 Å². The molecule has 1 aliphatic carbocycles. The maximum atomic E-state index is 13.2. The van der Waals surface area contributed by atoms with Gasteiger partial charge in [-0.15, -0.1) is 0 Å². The van der Waals surface area contributed by atoms with Gasteiger partial charge in [-0.1, -0.05) is 26.7 Å². The van der Waals surface area contributed by atoms with Gasteiger partial charge in [-0.2, -0.15) is 0 Å². The highest BCUT2D eigenvalue weighted by atomic mass is 79.9. The smallest absolute Gasteiger partial charge is 0.339 e. The maximum absolute atomic E-state index is 13.2. The molecule has 0 radical (unpaired) electrons. The Bertz CT molecular complexity index is 593. The Balaban J connectivity index is 1.86. The Morgan fingerprint density at radius 2 is 2.09 bits per heavy atom. The van der Waals surface area contributed by atoms with Gasteiger partial charge in [0.25, 0.3) is 5.91 Å². The standard InChI is InChI=1S/C17H21BrFNO3/c1-10-4-3-5-15(11(10)2)20-16(21)9-23-17(22)13-8-12(19)6-7-14(13)18/h6-8,10-11,15H,3-5,9H2,1-2H3,(H,20,21)/t10-,11-,15-/m1/s1. The summed E-state index contributed by atoms with van der Waals surface area (Å²) in [6.07, 6.45) is 3.21. The quantitative estimate of drug-likeness (QED) is 0.804. The van der Waals surface area contributed by atoms with Crippen LogP contribution in [0.3, 0.4) is 0 Å². The van der Waals surface area contributed by atoms with E-state index in [1.54, 1.807) is 0 Å². The van der Waals surface area contributed by atoms with Gasteiger partial charge in [0.1, 0.15) is 5.82 Å². The van der Waals surface area contributed by atoms with Crippen molar-refractivity contribution in [3.63, 3.8) is 0 Å². The van der Waals surface area contributed by atoms with Crippen LogP contribution < -0.4 is 5.32 Å².